The molecule has 0 saturated carbocycles. The van der Waals surface area contributed by atoms with Crippen molar-refractivity contribution < 1.29 is 9.72 Å². The van der Waals surface area contributed by atoms with Crippen molar-refractivity contribution in [3.8, 4) is 0 Å². The van der Waals surface area contributed by atoms with Gasteiger partial charge in [-0.15, -0.1) is 10.2 Å². The van der Waals surface area contributed by atoms with Crippen molar-refractivity contribution in [1.82, 2.24) is 19.3 Å². The van der Waals surface area contributed by atoms with Gasteiger partial charge in [-0.25, -0.2) is 0 Å². The van der Waals surface area contributed by atoms with Crippen molar-refractivity contribution in [3.63, 3.8) is 0 Å². The summed E-state index contributed by atoms with van der Waals surface area (Å²) in [5, 5.41) is 22.4. The van der Waals surface area contributed by atoms with Gasteiger partial charge < -0.3 is 14.5 Å². The summed E-state index contributed by atoms with van der Waals surface area (Å²) in [4.78, 5) is 22.3. The van der Waals surface area contributed by atoms with E-state index in [1.165, 1.54) is 36.0 Å². The summed E-state index contributed by atoms with van der Waals surface area (Å²) >= 11 is 1.28. The lowest BCUT2D eigenvalue weighted by atomic mass is 10.3. The maximum absolute atomic E-state index is 12.1. The summed E-state index contributed by atoms with van der Waals surface area (Å²) in [6, 6.07) is 9.70. The molecule has 2 aromatic heterocycles. The summed E-state index contributed by atoms with van der Waals surface area (Å²) in [6.45, 7) is 0. The molecule has 0 bridgehead atoms. The number of hydrogen-bond acceptors (Lipinski definition) is 6. The summed E-state index contributed by atoms with van der Waals surface area (Å²) < 4.78 is 3.90. The minimum absolute atomic E-state index is 0.0211. The molecule has 1 N–H and O–H groups in total. The van der Waals surface area contributed by atoms with Crippen molar-refractivity contribution >= 4 is 29.0 Å². The minimum Gasteiger partial charge on any atom is -0.354 e. The van der Waals surface area contributed by atoms with E-state index >= 15 is 0 Å². The number of nitrogens with one attached hydrogen (secondary N) is 1. The van der Waals surface area contributed by atoms with Crippen LogP contribution in [-0.2, 0) is 25.3 Å². The Morgan fingerprint density at radius 1 is 1.22 bits per heavy atom. The molecule has 0 spiro atoms. The second-order valence-electron chi connectivity index (χ2n) is 5.89. The van der Waals surface area contributed by atoms with Crippen LogP contribution in [0.15, 0.2) is 47.8 Å². The number of benzene rings is 1. The van der Waals surface area contributed by atoms with Gasteiger partial charge in [0.15, 0.2) is 5.16 Å². The molecule has 0 saturated heterocycles. The molecule has 0 atom stereocenters. The van der Waals surface area contributed by atoms with E-state index in [1.807, 2.05) is 41.6 Å². The van der Waals surface area contributed by atoms with Crippen LogP contribution in [0.5, 0.6) is 0 Å². The van der Waals surface area contributed by atoms with Gasteiger partial charge in [-0.05, 0) is 24.3 Å². The molecular formula is C17H18N6O3S. The van der Waals surface area contributed by atoms with E-state index in [2.05, 4.69) is 15.5 Å². The Hall–Kier alpha value is -3.14. The van der Waals surface area contributed by atoms with Gasteiger partial charge in [0.1, 0.15) is 5.82 Å². The molecule has 9 nitrogen and oxygen atoms in total. The van der Waals surface area contributed by atoms with Gasteiger partial charge in [0, 0.05) is 50.2 Å². The van der Waals surface area contributed by atoms with Crippen molar-refractivity contribution in [3.05, 3.63) is 64.2 Å². The zero-order chi connectivity index (χ0) is 19.4. The highest BCUT2D eigenvalue weighted by molar-refractivity contribution is 7.99. The first-order valence-corrected chi connectivity index (χ1v) is 9.08. The van der Waals surface area contributed by atoms with Gasteiger partial charge in [0.05, 0.1) is 10.7 Å². The highest BCUT2D eigenvalue weighted by atomic mass is 32.2. The highest BCUT2D eigenvalue weighted by Crippen LogP contribution is 2.19. The van der Waals surface area contributed by atoms with Crippen LogP contribution in [0.4, 0.5) is 11.4 Å². The van der Waals surface area contributed by atoms with Crippen LogP contribution in [0.2, 0.25) is 0 Å². The smallest absolute Gasteiger partial charge is 0.269 e. The fourth-order valence-corrected chi connectivity index (χ4v) is 3.19. The SMILES string of the molecule is Cn1cccc1Cc1nnc(SCC(=O)Nc2ccc([N+](=O)[O-])cc2)n1C. The van der Waals surface area contributed by atoms with Gasteiger partial charge in [0.2, 0.25) is 5.91 Å². The Balaban J connectivity index is 1.56. The van der Waals surface area contributed by atoms with E-state index in [0.717, 1.165) is 11.5 Å². The summed E-state index contributed by atoms with van der Waals surface area (Å²) in [7, 11) is 3.85. The second kappa shape index (κ2) is 8.04. The van der Waals surface area contributed by atoms with Crippen molar-refractivity contribution in [1.29, 1.82) is 0 Å². The largest absolute Gasteiger partial charge is 0.354 e. The lowest BCUT2D eigenvalue weighted by Gasteiger charge is -2.06. The number of nitro groups is 1. The average molecular weight is 386 g/mol. The van der Waals surface area contributed by atoms with Crippen molar-refractivity contribution in [2.24, 2.45) is 14.1 Å². The van der Waals surface area contributed by atoms with E-state index < -0.39 is 4.92 Å². The third-order valence-electron chi connectivity index (χ3n) is 4.01. The van der Waals surface area contributed by atoms with Crippen LogP contribution >= 0.6 is 11.8 Å². The van der Waals surface area contributed by atoms with Crippen molar-refractivity contribution in [2.45, 2.75) is 11.6 Å². The van der Waals surface area contributed by atoms with E-state index in [0.29, 0.717) is 17.3 Å². The number of thioether (sulfide) groups is 1. The minimum atomic E-state index is -0.484. The number of carbonyl (C=O) groups is 1. The van der Waals surface area contributed by atoms with Crippen LogP contribution in [-0.4, -0.2) is 35.9 Å². The monoisotopic (exact) mass is 386 g/mol. The van der Waals surface area contributed by atoms with Gasteiger partial charge in [-0.2, -0.15) is 0 Å². The van der Waals surface area contributed by atoms with Crippen LogP contribution in [0.25, 0.3) is 0 Å². The maximum Gasteiger partial charge on any atom is 0.269 e. The van der Waals surface area contributed by atoms with Crippen LogP contribution < -0.4 is 5.32 Å². The molecular weight excluding hydrogens is 368 g/mol. The Morgan fingerprint density at radius 2 is 1.96 bits per heavy atom. The fourth-order valence-electron chi connectivity index (χ4n) is 2.46. The molecule has 1 amide bonds. The number of amides is 1. The molecule has 0 fully saturated rings. The molecule has 0 aliphatic carbocycles. The summed E-state index contributed by atoms with van der Waals surface area (Å²) in [5.74, 6) is 0.753. The van der Waals surface area contributed by atoms with E-state index in [-0.39, 0.29) is 17.3 Å². The second-order valence-corrected chi connectivity index (χ2v) is 6.83. The predicted molar refractivity (Wildman–Crippen MR) is 102 cm³/mol. The molecule has 140 valence electrons. The van der Waals surface area contributed by atoms with Gasteiger partial charge in [-0.3, -0.25) is 14.9 Å². The normalized spacial score (nSPS) is 10.7. The standard InChI is InChI=1S/C17H18N6O3S/c1-21-9-3-4-14(21)10-15-19-20-17(22(15)2)27-11-16(24)18-12-5-7-13(8-6-12)23(25)26/h3-9H,10-11H2,1-2H3,(H,18,24). The van der Waals surface area contributed by atoms with Gasteiger partial charge in [-0.1, -0.05) is 11.8 Å². The van der Waals surface area contributed by atoms with Crippen molar-refractivity contribution in [2.75, 3.05) is 11.1 Å². The van der Waals surface area contributed by atoms with Gasteiger partial charge >= 0.3 is 0 Å². The Bertz CT molecular complexity index is 963. The molecule has 3 rings (SSSR count). The first kappa shape index (κ1) is 18.6. The number of aromatic nitrogens is 4. The predicted octanol–water partition coefficient (Wildman–Crippen LogP) is 2.38. The first-order chi connectivity index (χ1) is 12.9. The van der Waals surface area contributed by atoms with Gasteiger partial charge in [0.25, 0.3) is 5.69 Å². The Morgan fingerprint density at radius 3 is 2.59 bits per heavy atom. The van der Waals surface area contributed by atoms with Crippen LogP contribution in [0, 0.1) is 10.1 Å². The number of hydrogen-bond donors (Lipinski definition) is 1. The highest BCUT2D eigenvalue weighted by Gasteiger charge is 2.13. The summed E-state index contributed by atoms with van der Waals surface area (Å²) in [6.07, 6.45) is 2.63. The molecule has 0 aliphatic heterocycles. The van der Waals surface area contributed by atoms with E-state index in [9.17, 15) is 14.9 Å². The maximum atomic E-state index is 12.1. The van der Waals surface area contributed by atoms with E-state index in [1.54, 1.807) is 0 Å². The molecule has 0 radical (unpaired) electrons. The Kier molecular flexibility index (Phi) is 5.55. The fraction of sp³-hybridized carbons (Fsp3) is 0.235. The molecule has 1 aromatic carbocycles. The number of rotatable bonds is 7. The zero-order valence-electron chi connectivity index (χ0n) is 14.8. The zero-order valence-corrected chi connectivity index (χ0v) is 15.6. The van der Waals surface area contributed by atoms with Crippen LogP contribution in [0.1, 0.15) is 11.5 Å². The quantitative estimate of drug-likeness (QED) is 0.379. The third kappa shape index (κ3) is 4.53. The lowest BCUT2D eigenvalue weighted by Crippen LogP contribution is -2.14. The molecule has 0 aliphatic rings. The number of nitro benzene ring substituents is 1. The lowest BCUT2D eigenvalue weighted by molar-refractivity contribution is -0.384. The molecule has 2 heterocycles. The first-order valence-electron chi connectivity index (χ1n) is 8.09. The number of non-ortho nitro benzene ring substituents is 1. The topological polar surface area (TPSA) is 108 Å². The Labute approximate surface area is 159 Å². The summed E-state index contributed by atoms with van der Waals surface area (Å²) in [5.41, 5.74) is 1.61. The molecule has 10 heteroatoms. The number of aryl methyl sites for hydroxylation is 1. The number of carbonyl (C=O) groups excluding carboxylic acids is 1. The van der Waals surface area contributed by atoms with E-state index in [4.69, 9.17) is 0 Å². The molecule has 0 unspecified atom stereocenters. The van der Waals surface area contributed by atoms with Crippen LogP contribution in [0.3, 0.4) is 0 Å². The number of nitrogens with zero attached hydrogens (tertiary/aromatic N) is 5. The third-order valence-corrected chi connectivity index (χ3v) is 5.03. The molecule has 27 heavy (non-hydrogen) atoms. The molecule has 3 aromatic rings. The average Bonchev–Trinajstić information content (AvgIpc) is 3.20. The number of anilines is 1.